The SMILES string of the molecule is Cc1c([N+](=O)[O-])cnn1[C@@H]1CCCN(C2COC2)C1. The molecule has 3 rings (SSSR count). The average Bonchev–Trinajstić information content (AvgIpc) is 2.69. The fraction of sp³-hybridized carbons (Fsp3) is 0.750. The van der Waals surface area contributed by atoms with Gasteiger partial charge in [-0.05, 0) is 26.3 Å². The molecule has 7 nitrogen and oxygen atoms in total. The van der Waals surface area contributed by atoms with Crippen molar-refractivity contribution in [3.8, 4) is 0 Å². The van der Waals surface area contributed by atoms with Gasteiger partial charge in [-0.2, -0.15) is 5.10 Å². The van der Waals surface area contributed by atoms with E-state index in [1.54, 1.807) is 6.92 Å². The zero-order chi connectivity index (χ0) is 13.4. The highest BCUT2D eigenvalue weighted by molar-refractivity contribution is 5.32. The van der Waals surface area contributed by atoms with Gasteiger partial charge >= 0.3 is 5.69 Å². The number of aromatic nitrogens is 2. The zero-order valence-corrected chi connectivity index (χ0v) is 11.0. The molecule has 104 valence electrons. The Balaban J connectivity index is 1.75. The Hall–Kier alpha value is -1.47. The third kappa shape index (κ3) is 2.23. The van der Waals surface area contributed by atoms with Crippen LogP contribution < -0.4 is 0 Å². The second-order valence-corrected chi connectivity index (χ2v) is 5.30. The van der Waals surface area contributed by atoms with Gasteiger partial charge in [-0.25, -0.2) is 0 Å². The summed E-state index contributed by atoms with van der Waals surface area (Å²) < 4.78 is 7.06. The number of piperidine rings is 1. The van der Waals surface area contributed by atoms with Gasteiger partial charge in [-0.1, -0.05) is 0 Å². The van der Waals surface area contributed by atoms with Crippen molar-refractivity contribution >= 4 is 5.69 Å². The lowest BCUT2D eigenvalue weighted by Crippen LogP contribution is -2.52. The van der Waals surface area contributed by atoms with Gasteiger partial charge in [0.25, 0.3) is 0 Å². The van der Waals surface area contributed by atoms with Crippen molar-refractivity contribution in [2.75, 3.05) is 26.3 Å². The zero-order valence-electron chi connectivity index (χ0n) is 11.0. The first-order valence-electron chi connectivity index (χ1n) is 6.67. The van der Waals surface area contributed by atoms with E-state index in [1.165, 1.54) is 6.20 Å². The quantitative estimate of drug-likeness (QED) is 0.606. The standard InChI is InChI=1S/C12H18N4O3/c1-9-12(16(17)18)5-13-15(9)10-3-2-4-14(6-10)11-7-19-8-11/h5,10-11H,2-4,6-8H2,1H3/t10-/m1/s1. The van der Waals surface area contributed by atoms with Crippen molar-refractivity contribution in [1.82, 2.24) is 14.7 Å². The van der Waals surface area contributed by atoms with E-state index in [2.05, 4.69) is 10.00 Å². The molecule has 2 fully saturated rings. The Labute approximate surface area is 111 Å². The van der Waals surface area contributed by atoms with Gasteiger partial charge in [0.15, 0.2) is 0 Å². The van der Waals surface area contributed by atoms with Crippen LogP contribution in [-0.4, -0.2) is 51.9 Å². The van der Waals surface area contributed by atoms with Crippen molar-refractivity contribution in [2.24, 2.45) is 0 Å². The molecule has 0 aliphatic carbocycles. The molecule has 0 spiro atoms. The predicted molar refractivity (Wildman–Crippen MR) is 68.1 cm³/mol. The predicted octanol–water partition coefficient (Wildman–Crippen LogP) is 1.14. The molecule has 19 heavy (non-hydrogen) atoms. The Morgan fingerprint density at radius 3 is 2.84 bits per heavy atom. The van der Waals surface area contributed by atoms with E-state index in [0.717, 1.165) is 39.1 Å². The molecule has 2 aliphatic heterocycles. The molecule has 0 N–H and O–H groups in total. The maximum Gasteiger partial charge on any atom is 0.309 e. The van der Waals surface area contributed by atoms with Crippen LogP contribution in [0.15, 0.2) is 6.20 Å². The summed E-state index contributed by atoms with van der Waals surface area (Å²) in [6.07, 6.45) is 3.50. The first kappa shape index (κ1) is 12.6. The molecule has 7 heteroatoms. The summed E-state index contributed by atoms with van der Waals surface area (Å²) in [6, 6.07) is 0.761. The van der Waals surface area contributed by atoms with Crippen LogP contribution in [0.4, 0.5) is 5.69 Å². The fourth-order valence-corrected chi connectivity index (χ4v) is 2.91. The molecule has 1 aromatic rings. The molecule has 0 radical (unpaired) electrons. The van der Waals surface area contributed by atoms with Crippen molar-refractivity contribution in [1.29, 1.82) is 0 Å². The van der Waals surface area contributed by atoms with Gasteiger partial charge in [0.2, 0.25) is 0 Å². The first-order chi connectivity index (χ1) is 9.16. The number of ether oxygens (including phenoxy) is 1. The lowest BCUT2D eigenvalue weighted by atomic mass is 10.0. The summed E-state index contributed by atoms with van der Waals surface area (Å²) in [4.78, 5) is 12.9. The number of nitro groups is 1. The van der Waals surface area contributed by atoms with Crippen LogP contribution in [0.1, 0.15) is 24.6 Å². The van der Waals surface area contributed by atoms with Crippen molar-refractivity contribution < 1.29 is 9.66 Å². The minimum absolute atomic E-state index is 0.115. The fourth-order valence-electron chi connectivity index (χ4n) is 2.91. The molecule has 0 unspecified atom stereocenters. The second kappa shape index (κ2) is 4.90. The number of hydrogen-bond donors (Lipinski definition) is 0. The third-order valence-electron chi connectivity index (χ3n) is 4.13. The van der Waals surface area contributed by atoms with Crippen molar-refractivity contribution in [3.63, 3.8) is 0 Å². The smallest absolute Gasteiger partial charge is 0.309 e. The molecule has 0 amide bonds. The number of rotatable bonds is 3. The van der Waals surface area contributed by atoms with E-state index in [-0.39, 0.29) is 16.7 Å². The summed E-state index contributed by atoms with van der Waals surface area (Å²) >= 11 is 0. The lowest BCUT2D eigenvalue weighted by molar-refractivity contribution is -0.385. The third-order valence-corrected chi connectivity index (χ3v) is 4.13. The van der Waals surface area contributed by atoms with Crippen molar-refractivity contribution in [3.05, 3.63) is 22.0 Å². The molecule has 2 saturated heterocycles. The van der Waals surface area contributed by atoms with Crippen molar-refractivity contribution in [2.45, 2.75) is 31.8 Å². The van der Waals surface area contributed by atoms with E-state index in [9.17, 15) is 10.1 Å². The summed E-state index contributed by atoms with van der Waals surface area (Å²) in [5, 5.41) is 15.1. The molecular formula is C12H18N4O3. The summed E-state index contributed by atoms with van der Waals surface area (Å²) in [5.74, 6) is 0. The summed E-state index contributed by atoms with van der Waals surface area (Å²) in [7, 11) is 0. The highest BCUT2D eigenvalue weighted by Crippen LogP contribution is 2.28. The maximum atomic E-state index is 10.9. The minimum Gasteiger partial charge on any atom is -0.378 e. The van der Waals surface area contributed by atoms with E-state index >= 15 is 0 Å². The first-order valence-corrected chi connectivity index (χ1v) is 6.67. The van der Waals surface area contributed by atoms with Crippen LogP contribution in [0.3, 0.4) is 0 Å². The van der Waals surface area contributed by atoms with E-state index in [0.29, 0.717) is 11.7 Å². The Morgan fingerprint density at radius 2 is 2.26 bits per heavy atom. The molecule has 0 bridgehead atoms. The number of hydrogen-bond acceptors (Lipinski definition) is 5. The molecule has 1 atom stereocenters. The van der Waals surface area contributed by atoms with Gasteiger partial charge in [0.05, 0.1) is 30.2 Å². The van der Waals surface area contributed by atoms with Crippen LogP contribution in [-0.2, 0) is 4.74 Å². The van der Waals surface area contributed by atoms with Gasteiger partial charge < -0.3 is 4.74 Å². The molecule has 0 aromatic carbocycles. The molecule has 3 heterocycles. The molecule has 0 saturated carbocycles. The minimum atomic E-state index is -0.362. The van der Waals surface area contributed by atoms with Gasteiger partial charge in [-0.15, -0.1) is 0 Å². The van der Waals surface area contributed by atoms with Gasteiger partial charge in [0, 0.05) is 6.54 Å². The van der Waals surface area contributed by atoms with Crippen LogP contribution in [0.5, 0.6) is 0 Å². The van der Waals surface area contributed by atoms with Gasteiger partial charge in [-0.3, -0.25) is 19.7 Å². The Morgan fingerprint density at radius 1 is 1.47 bits per heavy atom. The average molecular weight is 266 g/mol. The van der Waals surface area contributed by atoms with Crippen LogP contribution in [0.2, 0.25) is 0 Å². The van der Waals surface area contributed by atoms with Gasteiger partial charge in [0.1, 0.15) is 11.9 Å². The number of nitrogens with zero attached hydrogens (tertiary/aromatic N) is 4. The summed E-state index contributed by atoms with van der Waals surface area (Å²) in [5.41, 5.74) is 0.769. The highest BCUT2D eigenvalue weighted by atomic mass is 16.6. The normalized spacial score (nSPS) is 25.2. The van der Waals surface area contributed by atoms with Crippen LogP contribution >= 0.6 is 0 Å². The van der Waals surface area contributed by atoms with Crippen LogP contribution in [0, 0.1) is 17.0 Å². The highest BCUT2D eigenvalue weighted by Gasteiger charge is 2.32. The molecular weight excluding hydrogens is 248 g/mol. The molecule has 1 aromatic heterocycles. The Kier molecular flexibility index (Phi) is 3.24. The Bertz CT molecular complexity index is 483. The topological polar surface area (TPSA) is 73.4 Å². The van der Waals surface area contributed by atoms with E-state index in [1.807, 2.05) is 4.68 Å². The van der Waals surface area contributed by atoms with Crippen LogP contribution in [0.25, 0.3) is 0 Å². The second-order valence-electron chi connectivity index (χ2n) is 5.30. The number of likely N-dealkylation sites (tertiary alicyclic amines) is 1. The lowest BCUT2D eigenvalue weighted by Gasteiger charge is -2.42. The largest absolute Gasteiger partial charge is 0.378 e. The molecule has 2 aliphatic rings. The van der Waals surface area contributed by atoms with E-state index in [4.69, 9.17) is 4.74 Å². The summed E-state index contributed by atoms with van der Waals surface area (Å²) in [6.45, 7) is 5.40. The monoisotopic (exact) mass is 266 g/mol. The maximum absolute atomic E-state index is 10.9. The van der Waals surface area contributed by atoms with E-state index < -0.39 is 0 Å².